The molecule has 7 atom stereocenters. The number of allylic oxidation sites excluding steroid dienone is 2. The summed E-state index contributed by atoms with van der Waals surface area (Å²) in [7, 11) is 0. The molecular formula is C22H28O4. The van der Waals surface area contributed by atoms with E-state index in [0.717, 1.165) is 43.4 Å². The molecule has 6 aliphatic rings. The van der Waals surface area contributed by atoms with Gasteiger partial charge >= 0.3 is 11.9 Å². The maximum Gasteiger partial charge on any atom is 0.344 e. The van der Waals surface area contributed by atoms with Crippen LogP contribution in [0.5, 0.6) is 0 Å². The van der Waals surface area contributed by atoms with Gasteiger partial charge in [0.1, 0.15) is 5.60 Å². The topological polar surface area (TPSA) is 52.6 Å². The Bertz CT molecular complexity index is 674. The van der Waals surface area contributed by atoms with Crippen molar-refractivity contribution in [3.8, 4) is 0 Å². The van der Waals surface area contributed by atoms with Gasteiger partial charge in [0.05, 0.1) is 5.92 Å². The lowest BCUT2D eigenvalue weighted by Crippen LogP contribution is -2.37. The predicted molar refractivity (Wildman–Crippen MR) is 93.8 cm³/mol. The van der Waals surface area contributed by atoms with Gasteiger partial charge in [0.25, 0.3) is 0 Å². The minimum atomic E-state index is -0.343. The lowest BCUT2D eigenvalue weighted by atomic mass is 9.69. The highest BCUT2D eigenvalue weighted by Gasteiger charge is 2.62. The number of fused-ring (bicyclic) bond motifs is 11. The first-order valence-electron chi connectivity index (χ1n) is 10.7. The number of hydrogen-bond acceptors (Lipinski definition) is 4. The summed E-state index contributed by atoms with van der Waals surface area (Å²) >= 11 is 0. The molecule has 0 aliphatic heterocycles. The molecule has 0 aromatic rings. The van der Waals surface area contributed by atoms with Gasteiger partial charge in [-0.25, -0.2) is 4.79 Å². The van der Waals surface area contributed by atoms with Gasteiger partial charge < -0.3 is 9.47 Å². The van der Waals surface area contributed by atoms with Crippen molar-refractivity contribution >= 4 is 11.9 Å². The van der Waals surface area contributed by atoms with E-state index >= 15 is 0 Å². The normalized spacial score (nSPS) is 51.8. The van der Waals surface area contributed by atoms with Crippen molar-refractivity contribution < 1.29 is 19.1 Å². The van der Waals surface area contributed by atoms with Gasteiger partial charge in [-0.2, -0.15) is 0 Å². The second-order valence-corrected chi connectivity index (χ2v) is 10.0. The molecule has 0 amide bonds. The summed E-state index contributed by atoms with van der Waals surface area (Å²) in [6, 6.07) is 0. The van der Waals surface area contributed by atoms with E-state index in [9.17, 15) is 9.59 Å². The number of carbonyl (C=O) groups excluding carboxylic acids is 2. The van der Waals surface area contributed by atoms with E-state index in [1.807, 2.05) is 0 Å². The van der Waals surface area contributed by atoms with Crippen molar-refractivity contribution in [2.24, 2.45) is 47.3 Å². The van der Waals surface area contributed by atoms with Crippen LogP contribution < -0.4 is 0 Å². The van der Waals surface area contributed by atoms with Gasteiger partial charge in [-0.3, -0.25) is 4.79 Å². The van der Waals surface area contributed by atoms with Crippen LogP contribution >= 0.6 is 0 Å². The number of rotatable bonds is 4. The number of ether oxygens (including phenoxy) is 2. The molecule has 0 aromatic carbocycles. The van der Waals surface area contributed by atoms with Gasteiger partial charge in [-0.05, 0) is 92.8 Å². The van der Waals surface area contributed by atoms with Gasteiger partial charge in [-0.15, -0.1) is 0 Å². The summed E-state index contributed by atoms with van der Waals surface area (Å²) in [5.74, 6) is 4.43. The molecular weight excluding hydrogens is 328 g/mol. The van der Waals surface area contributed by atoms with Crippen molar-refractivity contribution in [1.29, 1.82) is 0 Å². The predicted octanol–water partition coefficient (Wildman–Crippen LogP) is 3.50. The van der Waals surface area contributed by atoms with E-state index < -0.39 is 0 Å². The smallest absolute Gasteiger partial charge is 0.344 e. The molecule has 7 unspecified atom stereocenters. The first-order chi connectivity index (χ1) is 12.6. The Labute approximate surface area is 154 Å². The van der Waals surface area contributed by atoms with Crippen molar-refractivity contribution in [1.82, 2.24) is 0 Å². The van der Waals surface area contributed by atoms with Crippen LogP contribution in [0.25, 0.3) is 0 Å². The van der Waals surface area contributed by atoms with Crippen LogP contribution in [-0.4, -0.2) is 24.1 Å². The molecule has 4 heteroatoms. The first kappa shape index (κ1) is 15.7. The van der Waals surface area contributed by atoms with E-state index in [-0.39, 0.29) is 30.1 Å². The molecule has 6 aliphatic carbocycles. The second-order valence-electron chi connectivity index (χ2n) is 10.0. The summed E-state index contributed by atoms with van der Waals surface area (Å²) in [5, 5.41) is 0. The molecule has 0 N–H and O–H groups in total. The number of hydrogen-bond donors (Lipinski definition) is 0. The molecule has 140 valence electrons. The van der Waals surface area contributed by atoms with E-state index in [1.165, 1.54) is 25.7 Å². The monoisotopic (exact) mass is 356 g/mol. The zero-order valence-electron chi connectivity index (χ0n) is 15.3. The Hall–Kier alpha value is -1.32. The standard InChI is InChI=1S/C22H28O4/c23-18(26-22-5-3-12(10-22)4-6-22)11-25-21(24)17-9-15-8-16(17)20-14-2-1-13(7-14)19(15)20/h1-2,12-17,19-20H,3-11H2. The van der Waals surface area contributed by atoms with Crippen LogP contribution in [0.15, 0.2) is 12.2 Å². The lowest BCUT2D eigenvalue weighted by Gasteiger charge is -2.35. The maximum atomic E-state index is 12.7. The first-order valence-corrected chi connectivity index (χ1v) is 10.7. The number of carbonyl (C=O) groups is 2. The molecule has 6 rings (SSSR count). The fourth-order valence-electron chi connectivity index (χ4n) is 8.08. The quantitative estimate of drug-likeness (QED) is 0.439. The van der Waals surface area contributed by atoms with E-state index in [2.05, 4.69) is 12.2 Å². The fourth-order valence-corrected chi connectivity index (χ4v) is 8.08. The average molecular weight is 356 g/mol. The van der Waals surface area contributed by atoms with Crippen LogP contribution in [0.3, 0.4) is 0 Å². The lowest BCUT2D eigenvalue weighted by molar-refractivity contribution is -0.172. The van der Waals surface area contributed by atoms with Crippen molar-refractivity contribution in [3.63, 3.8) is 0 Å². The Morgan fingerprint density at radius 1 is 1.00 bits per heavy atom. The van der Waals surface area contributed by atoms with Crippen LogP contribution in [-0.2, 0) is 19.1 Å². The van der Waals surface area contributed by atoms with Crippen LogP contribution in [0.4, 0.5) is 0 Å². The van der Waals surface area contributed by atoms with E-state index in [0.29, 0.717) is 23.7 Å². The molecule has 0 aromatic heterocycles. The van der Waals surface area contributed by atoms with E-state index in [1.54, 1.807) is 0 Å². The van der Waals surface area contributed by atoms with Crippen LogP contribution in [0.1, 0.15) is 51.4 Å². The Kier molecular flexibility index (Phi) is 3.24. The van der Waals surface area contributed by atoms with Gasteiger partial charge in [0.15, 0.2) is 6.61 Å². The van der Waals surface area contributed by atoms with Crippen molar-refractivity contribution in [2.45, 2.75) is 57.0 Å². The highest BCUT2D eigenvalue weighted by molar-refractivity contribution is 5.78. The van der Waals surface area contributed by atoms with Gasteiger partial charge in [-0.1, -0.05) is 12.2 Å². The Morgan fingerprint density at radius 2 is 1.77 bits per heavy atom. The molecule has 4 nitrogen and oxygen atoms in total. The average Bonchev–Trinajstić information content (AvgIpc) is 3.45. The third-order valence-corrected chi connectivity index (χ3v) is 8.91. The molecule has 5 fully saturated rings. The summed E-state index contributed by atoms with van der Waals surface area (Å²) in [5.41, 5.74) is -0.233. The molecule has 0 saturated heterocycles. The highest BCUT2D eigenvalue weighted by atomic mass is 16.6. The third kappa shape index (κ3) is 2.13. The summed E-state index contributed by atoms with van der Waals surface area (Å²) in [4.78, 5) is 24.9. The van der Waals surface area contributed by atoms with Gasteiger partial charge in [0, 0.05) is 0 Å². The summed E-state index contributed by atoms with van der Waals surface area (Å²) in [6.45, 7) is -0.195. The van der Waals surface area contributed by atoms with Crippen molar-refractivity contribution in [3.05, 3.63) is 12.2 Å². The summed E-state index contributed by atoms with van der Waals surface area (Å²) < 4.78 is 11.2. The second kappa shape index (κ2) is 5.36. The summed E-state index contributed by atoms with van der Waals surface area (Å²) in [6.07, 6.45) is 13.6. The molecule has 26 heavy (non-hydrogen) atoms. The van der Waals surface area contributed by atoms with E-state index in [4.69, 9.17) is 9.47 Å². The largest absolute Gasteiger partial charge is 0.457 e. The van der Waals surface area contributed by atoms with Crippen LogP contribution in [0, 0.1) is 47.3 Å². The van der Waals surface area contributed by atoms with Gasteiger partial charge in [0.2, 0.25) is 0 Å². The SMILES string of the molecule is O=C(COC(=O)C1CC2CC1C1C3C=CC(C3)C21)OC12CCC(CC1)C2. The third-order valence-electron chi connectivity index (χ3n) is 8.91. The Morgan fingerprint density at radius 3 is 2.50 bits per heavy atom. The van der Waals surface area contributed by atoms with Crippen LogP contribution in [0.2, 0.25) is 0 Å². The number of esters is 2. The minimum Gasteiger partial charge on any atom is -0.457 e. The molecule has 0 heterocycles. The molecule has 6 bridgehead atoms. The molecule has 0 spiro atoms. The fraction of sp³-hybridized carbons (Fsp3) is 0.818. The zero-order chi connectivity index (χ0) is 17.5. The minimum absolute atomic E-state index is 0.0160. The highest BCUT2D eigenvalue weighted by Crippen LogP contribution is 2.67. The maximum absolute atomic E-state index is 12.7. The van der Waals surface area contributed by atoms with Crippen molar-refractivity contribution in [2.75, 3.05) is 6.61 Å². The Balaban J connectivity index is 1.06. The molecule has 5 saturated carbocycles. The molecule has 0 radical (unpaired) electrons. The zero-order valence-corrected chi connectivity index (χ0v) is 15.3.